The highest BCUT2D eigenvalue weighted by Gasteiger charge is 2.17. The summed E-state index contributed by atoms with van der Waals surface area (Å²) in [6, 6.07) is 15.5. The number of rotatable bonds is 8. The number of aryl methyl sites for hydroxylation is 1. The van der Waals surface area contributed by atoms with E-state index in [0.29, 0.717) is 25.2 Å². The highest BCUT2D eigenvalue weighted by Crippen LogP contribution is 2.16. The molecule has 3 aromatic rings. The molecular formula is C23H25N3O2. The molecule has 2 aromatic carbocycles. The maximum absolute atomic E-state index is 13.0. The maximum Gasteiger partial charge on any atom is 0.254 e. The third kappa shape index (κ3) is 4.68. The Hall–Kier alpha value is -3.34. The van der Waals surface area contributed by atoms with Crippen LogP contribution >= 0.6 is 0 Å². The summed E-state index contributed by atoms with van der Waals surface area (Å²) >= 11 is 0. The number of imidazole rings is 1. The van der Waals surface area contributed by atoms with Crippen molar-refractivity contribution in [3.63, 3.8) is 0 Å². The Balaban J connectivity index is 1.78. The molecule has 0 aliphatic heterocycles. The molecule has 0 aliphatic rings. The smallest absolute Gasteiger partial charge is 0.254 e. The van der Waals surface area contributed by atoms with E-state index < -0.39 is 0 Å². The molecule has 0 spiro atoms. The van der Waals surface area contributed by atoms with Crippen LogP contribution in [-0.4, -0.2) is 34.0 Å². The second-order valence-corrected chi connectivity index (χ2v) is 6.66. The third-order valence-corrected chi connectivity index (χ3v) is 4.56. The fourth-order valence-electron chi connectivity index (χ4n) is 3.03. The summed E-state index contributed by atoms with van der Waals surface area (Å²) in [4.78, 5) is 19.2. The summed E-state index contributed by atoms with van der Waals surface area (Å²) in [5, 5.41) is 0. The predicted molar refractivity (Wildman–Crippen MR) is 110 cm³/mol. The monoisotopic (exact) mass is 375 g/mol. The molecule has 0 aliphatic carbocycles. The number of amides is 1. The standard InChI is InChI=1S/C23H25N3O2/c1-4-13-26(23(27)20-10-8-18(2)9-11-20)17-22-24-12-14-25(22)16-19-6-5-7-21(15-19)28-3/h4-12,14-15H,1,13,16-17H2,2-3H3. The van der Waals surface area contributed by atoms with Crippen molar-refractivity contribution in [1.29, 1.82) is 0 Å². The van der Waals surface area contributed by atoms with E-state index in [1.54, 1.807) is 24.3 Å². The number of methoxy groups -OCH3 is 1. The van der Waals surface area contributed by atoms with Crippen molar-refractivity contribution in [3.05, 3.63) is 96.1 Å². The van der Waals surface area contributed by atoms with Gasteiger partial charge in [-0.25, -0.2) is 4.98 Å². The minimum Gasteiger partial charge on any atom is -0.497 e. The summed E-state index contributed by atoms with van der Waals surface area (Å²) in [5.74, 6) is 1.61. The van der Waals surface area contributed by atoms with Crippen molar-refractivity contribution < 1.29 is 9.53 Å². The van der Waals surface area contributed by atoms with Gasteiger partial charge in [0.2, 0.25) is 0 Å². The van der Waals surface area contributed by atoms with Crippen LogP contribution in [-0.2, 0) is 13.1 Å². The quantitative estimate of drug-likeness (QED) is 0.558. The van der Waals surface area contributed by atoms with E-state index in [9.17, 15) is 4.79 Å². The van der Waals surface area contributed by atoms with Gasteiger partial charge in [0, 0.05) is 31.0 Å². The second-order valence-electron chi connectivity index (χ2n) is 6.66. The van der Waals surface area contributed by atoms with Crippen molar-refractivity contribution in [1.82, 2.24) is 14.5 Å². The summed E-state index contributed by atoms with van der Waals surface area (Å²) in [6.45, 7) is 7.33. The lowest BCUT2D eigenvalue weighted by atomic mass is 10.1. The number of carbonyl (C=O) groups excluding carboxylic acids is 1. The molecule has 1 aromatic heterocycles. The minimum absolute atomic E-state index is 0.0316. The Kier molecular flexibility index (Phi) is 6.27. The first-order chi connectivity index (χ1) is 13.6. The zero-order chi connectivity index (χ0) is 19.9. The molecule has 0 saturated carbocycles. The maximum atomic E-state index is 13.0. The summed E-state index contributed by atoms with van der Waals surface area (Å²) in [7, 11) is 1.66. The Bertz CT molecular complexity index is 944. The van der Waals surface area contributed by atoms with Gasteiger partial charge in [-0.1, -0.05) is 35.9 Å². The number of hydrogen-bond donors (Lipinski definition) is 0. The minimum atomic E-state index is -0.0316. The van der Waals surface area contributed by atoms with Gasteiger partial charge in [-0.05, 0) is 36.8 Å². The molecule has 0 bridgehead atoms. The largest absolute Gasteiger partial charge is 0.497 e. The Labute approximate surface area is 165 Å². The van der Waals surface area contributed by atoms with E-state index in [0.717, 1.165) is 22.7 Å². The molecule has 0 atom stereocenters. The van der Waals surface area contributed by atoms with Crippen molar-refractivity contribution in [2.45, 2.75) is 20.0 Å². The first-order valence-corrected chi connectivity index (χ1v) is 9.20. The van der Waals surface area contributed by atoms with Gasteiger partial charge in [-0.2, -0.15) is 0 Å². The van der Waals surface area contributed by atoms with Gasteiger partial charge in [0.1, 0.15) is 11.6 Å². The molecule has 0 saturated heterocycles. The van der Waals surface area contributed by atoms with E-state index in [1.165, 1.54) is 0 Å². The summed E-state index contributed by atoms with van der Waals surface area (Å²) in [6.07, 6.45) is 5.43. The molecule has 28 heavy (non-hydrogen) atoms. The number of aromatic nitrogens is 2. The van der Waals surface area contributed by atoms with E-state index in [4.69, 9.17) is 4.74 Å². The van der Waals surface area contributed by atoms with E-state index in [1.807, 2.05) is 66.2 Å². The molecule has 144 valence electrons. The van der Waals surface area contributed by atoms with Crippen LogP contribution in [0.1, 0.15) is 27.3 Å². The molecule has 1 amide bonds. The van der Waals surface area contributed by atoms with Gasteiger partial charge in [0.05, 0.1) is 13.7 Å². The van der Waals surface area contributed by atoms with Crippen LogP contribution in [0.25, 0.3) is 0 Å². The first-order valence-electron chi connectivity index (χ1n) is 9.20. The fourth-order valence-corrected chi connectivity index (χ4v) is 3.03. The van der Waals surface area contributed by atoms with Crippen LogP contribution in [0.3, 0.4) is 0 Å². The average molecular weight is 375 g/mol. The van der Waals surface area contributed by atoms with Gasteiger partial charge in [0.25, 0.3) is 5.91 Å². The number of ether oxygens (including phenoxy) is 1. The van der Waals surface area contributed by atoms with Crippen LogP contribution in [0.4, 0.5) is 0 Å². The normalized spacial score (nSPS) is 10.5. The Morgan fingerprint density at radius 1 is 1.25 bits per heavy atom. The van der Waals surface area contributed by atoms with Gasteiger partial charge in [-0.15, -0.1) is 6.58 Å². The van der Waals surface area contributed by atoms with E-state index in [2.05, 4.69) is 11.6 Å². The first kappa shape index (κ1) is 19.4. The van der Waals surface area contributed by atoms with Crippen LogP contribution < -0.4 is 4.74 Å². The van der Waals surface area contributed by atoms with Crippen LogP contribution in [0.2, 0.25) is 0 Å². The van der Waals surface area contributed by atoms with Crippen molar-refractivity contribution >= 4 is 5.91 Å². The number of benzene rings is 2. The molecule has 0 N–H and O–H groups in total. The Morgan fingerprint density at radius 2 is 2.04 bits per heavy atom. The molecule has 5 nitrogen and oxygen atoms in total. The average Bonchev–Trinajstić information content (AvgIpc) is 3.14. The number of hydrogen-bond acceptors (Lipinski definition) is 3. The predicted octanol–water partition coefficient (Wildman–Crippen LogP) is 4.08. The molecule has 1 heterocycles. The molecule has 5 heteroatoms. The molecular weight excluding hydrogens is 350 g/mol. The lowest BCUT2D eigenvalue weighted by molar-refractivity contribution is 0.0757. The highest BCUT2D eigenvalue weighted by atomic mass is 16.5. The molecule has 3 rings (SSSR count). The van der Waals surface area contributed by atoms with E-state index in [-0.39, 0.29) is 5.91 Å². The number of nitrogens with zero attached hydrogens (tertiary/aromatic N) is 3. The summed E-state index contributed by atoms with van der Waals surface area (Å²) in [5.41, 5.74) is 2.90. The third-order valence-electron chi connectivity index (χ3n) is 4.56. The zero-order valence-electron chi connectivity index (χ0n) is 16.3. The highest BCUT2D eigenvalue weighted by molar-refractivity contribution is 5.94. The van der Waals surface area contributed by atoms with E-state index >= 15 is 0 Å². The lowest BCUT2D eigenvalue weighted by Crippen LogP contribution is -2.32. The zero-order valence-corrected chi connectivity index (χ0v) is 16.3. The second kappa shape index (κ2) is 9.04. The summed E-state index contributed by atoms with van der Waals surface area (Å²) < 4.78 is 7.35. The van der Waals surface area contributed by atoms with Crippen LogP contribution in [0.15, 0.2) is 73.6 Å². The van der Waals surface area contributed by atoms with Gasteiger partial charge < -0.3 is 14.2 Å². The molecule has 0 fully saturated rings. The lowest BCUT2D eigenvalue weighted by Gasteiger charge is -2.21. The van der Waals surface area contributed by atoms with Crippen molar-refractivity contribution in [3.8, 4) is 5.75 Å². The van der Waals surface area contributed by atoms with Crippen molar-refractivity contribution in [2.24, 2.45) is 0 Å². The van der Waals surface area contributed by atoms with Gasteiger partial charge in [-0.3, -0.25) is 4.79 Å². The van der Waals surface area contributed by atoms with Gasteiger partial charge >= 0.3 is 0 Å². The van der Waals surface area contributed by atoms with Crippen LogP contribution in [0, 0.1) is 6.92 Å². The Morgan fingerprint density at radius 3 is 2.75 bits per heavy atom. The SMILES string of the molecule is C=CCN(Cc1nccn1Cc1cccc(OC)c1)C(=O)c1ccc(C)cc1. The van der Waals surface area contributed by atoms with Crippen LogP contribution in [0.5, 0.6) is 5.75 Å². The fraction of sp³-hybridized carbons (Fsp3) is 0.217. The molecule has 0 radical (unpaired) electrons. The number of carbonyl (C=O) groups is 1. The van der Waals surface area contributed by atoms with Crippen molar-refractivity contribution in [2.75, 3.05) is 13.7 Å². The molecule has 0 unspecified atom stereocenters. The topological polar surface area (TPSA) is 47.4 Å². The van der Waals surface area contributed by atoms with Gasteiger partial charge in [0.15, 0.2) is 0 Å².